The SMILES string of the molecule is Cc1cc(N=Nc2ccc([N+](=O)[O-])cc2)c(C)cc1O. The second-order valence-corrected chi connectivity index (χ2v) is 4.40. The van der Waals surface area contributed by atoms with Gasteiger partial charge in [-0.1, -0.05) is 0 Å². The molecule has 2 aromatic carbocycles. The molecular formula is C14H13N3O3. The monoisotopic (exact) mass is 271 g/mol. The van der Waals surface area contributed by atoms with Gasteiger partial charge in [-0.05, 0) is 49.2 Å². The highest BCUT2D eigenvalue weighted by atomic mass is 16.6. The molecule has 2 rings (SSSR count). The van der Waals surface area contributed by atoms with E-state index < -0.39 is 4.92 Å². The van der Waals surface area contributed by atoms with Crippen LogP contribution in [0.1, 0.15) is 11.1 Å². The number of benzene rings is 2. The number of hydrogen-bond acceptors (Lipinski definition) is 5. The van der Waals surface area contributed by atoms with E-state index in [9.17, 15) is 15.2 Å². The summed E-state index contributed by atoms with van der Waals surface area (Å²) in [5, 5.41) is 28.2. The van der Waals surface area contributed by atoms with E-state index in [1.807, 2.05) is 6.92 Å². The van der Waals surface area contributed by atoms with E-state index in [1.165, 1.54) is 24.3 Å². The lowest BCUT2D eigenvalue weighted by molar-refractivity contribution is -0.384. The molecule has 0 fully saturated rings. The zero-order valence-electron chi connectivity index (χ0n) is 11.1. The number of phenols is 1. The van der Waals surface area contributed by atoms with Crippen LogP contribution in [0.4, 0.5) is 17.1 Å². The summed E-state index contributed by atoms with van der Waals surface area (Å²) in [5.41, 5.74) is 2.71. The highest BCUT2D eigenvalue weighted by Crippen LogP contribution is 2.28. The molecule has 0 aliphatic carbocycles. The van der Waals surface area contributed by atoms with Crippen molar-refractivity contribution in [3.63, 3.8) is 0 Å². The second kappa shape index (κ2) is 5.48. The fourth-order valence-corrected chi connectivity index (χ4v) is 1.65. The van der Waals surface area contributed by atoms with Crippen LogP contribution in [-0.4, -0.2) is 10.0 Å². The van der Waals surface area contributed by atoms with Gasteiger partial charge >= 0.3 is 0 Å². The van der Waals surface area contributed by atoms with Crippen LogP contribution < -0.4 is 0 Å². The molecule has 0 aromatic heterocycles. The van der Waals surface area contributed by atoms with E-state index in [-0.39, 0.29) is 11.4 Å². The van der Waals surface area contributed by atoms with Crippen LogP contribution in [0, 0.1) is 24.0 Å². The summed E-state index contributed by atoms with van der Waals surface area (Å²) >= 11 is 0. The molecule has 0 spiro atoms. The topological polar surface area (TPSA) is 88.1 Å². The molecule has 0 unspecified atom stereocenters. The quantitative estimate of drug-likeness (QED) is 0.511. The number of nitrogens with zero attached hydrogens (tertiary/aromatic N) is 3. The van der Waals surface area contributed by atoms with E-state index in [1.54, 1.807) is 19.1 Å². The number of nitro groups is 1. The average molecular weight is 271 g/mol. The van der Waals surface area contributed by atoms with Crippen molar-refractivity contribution in [2.45, 2.75) is 13.8 Å². The van der Waals surface area contributed by atoms with Gasteiger partial charge in [0.1, 0.15) is 5.75 Å². The normalized spacial score (nSPS) is 10.9. The molecule has 6 nitrogen and oxygen atoms in total. The van der Waals surface area contributed by atoms with Crippen LogP contribution >= 0.6 is 0 Å². The number of nitro benzene ring substituents is 1. The summed E-state index contributed by atoms with van der Waals surface area (Å²) in [6.45, 7) is 3.60. The Kier molecular flexibility index (Phi) is 3.74. The standard InChI is InChI=1S/C14H13N3O3/c1-9-8-14(18)10(2)7-13(9)16-15-11-3-5-12(6-4-11)17(19)20/h3-8,18H,1-2H3. The maximum atomic E-state index is 10.5. The van der Waals surface area contributed by atoms with Gasteiger partial charge in [-0.15, -0.1) is 0 Å². The van der Waals surface area contributed by atoms with Gasteiger partial charge < -0.3 is 5.11 Å². The molecule has 0 saturated heterocycles. The minimum absolute atomic E-state index is 0.0145. The minimum Gasteiger partial charge on any atom is -0.508 e. The van der Waals surface area contributed by atoms with Gasteiger partial charge in [0.25, 0.3) is 5.69 Å². The summed E-state index contributed by atoms with van der Waals surface area (Å²) in [5.74, 6) is 0.219. The maximum absolute atomic E-state index is 10.5. The number of rotatable bonds is 3. The fourth-order valence-electron chi connectivity index (χ4n) is 1.65. The smallest absolute Gasteiger partial charge is 0.269 e. The predicted octanol–water partition coefficient (Wildman–Crippen LogP) is 4.33. The lowest BCUT2D eigenvalue weighted by Gasteiger charge is -2.03. The van der Waals surface area contributed by atoms with Crippen molar-refractivity contribution >= 4 is 17.1 Å². The van der Waals surface area contributed by atoms with Crippen LogP contribution in [0.2, 0.25) is 0 Å². The van der Waals surface area contributed by atoms with Gasteiger partial charge in [0.05, 0.1) is 16.3 Å². The number of aryl methyl sites for hydroxylation is 2. The van der Waals surface area contributed by atoms with Crippen molar-refractivity contribution in [3.8, 4) is 5.75 Å². The molecule has 0 bridgehead atoms. The molecule has 0 saturated carbocycles. The van der Waals surface area contributed by atoms with Crippen LogP contribution in [-0.2, 0) is 0 Å². The summed E-state index contributed by atoms with van der Waals surface area (Å²) in [6, 6.07) is 9.18. The first-order chi connectivity index (χ1) is 9.47. The Bertz CT molecular complexity index is 679. The third kappa shape index (κ3) is 2.97. The number of azo groups is 1. The molecule has 0 amide bonds. The summed E-state index contributed by atoms with van der Waals surface area (Å²) in [4.78, 5) is 10.1. The van der Waals surface area contributed by atoms with Gasteiger partial charge in [-0.2, -0.15) is 10.2 Å². The Morgan fingerprint density at radius 1 is 1.05 bits per heavy atom. The van der Waals surface area contributed by atoms with E-state index in [0.717, 1.165) is 5.56 Å². The van der Waals surface area contributed by atoms with Gasteiger partial charge in [0, 0.05) is 12.1 Å². The Morgan fingerprint density at radius 3 is 2.30 bits per heavy atom. The molecule has 1 N–H and O–H groups in total. The Morgan fingerprint density at radius 2 is 1.70 bits per heavy atom. The lowest BCUT2D eigenvalue weighted by atomic mass is 10.1. The Labute approximate surface area is 115 Å². The van der Waals surface area contributed by atoms with Gasteiger partial charge in [0.15, 0.2) is 0 Å². The van der Waals surface area contributed by atoms with Gasteiger partial charge in [-0.3, -0.25) is 10.1 Å². The zero-order chi connectivity index (χ0) is 14.7. The first-order valence-corrected chi connectivity index (χ1v) is 5.94. The number of hydrogen-bond donors (Lipinski definition) is 1. The fraction of sp³-hybridized carbons (Fsp3) is 0.143. The summed E-state index contributed by atoms with van der Waals surface area (Å²) in [6.07, 6.45) is 0. The molecule has 20 heavy (non-hydrogen) atoms. The molecule has 0 atom stereocenters. The highest BCUT2D eigenvalue weighted by Gasteiger charge is 2.04. The third-order valence-corrected chi connectivity index (χ3v) is 2.85. The molecule has 0 aliphatic rings. The molecule has 2 aromatic rings. The van der Waals surface area contributed by atoms with E-state index in [2.05, 4.69) is 10.2 Å². The van der Waals surface area contributed by atoms with E-state index in [0.29, 0.717) is 16.9 Å². The highest BCUT2D eigenvalue weighted by molar-refractivity contribution is 5.53. The van der Waals surface area contributed by atoms with Crippen molar-refractivity contribution in [1.82, 2.24) is 0 Å². The van der Waals surface area contributed by atoms with E-state index >= 15 is 0 Å². The molecule has 0 aliphatic heterocycles. The molecular weight excluding hydrogens is 258 g/mol. The summed E-state index contributed by atoms with van der Waals surface area (Å²) < 4.78 is 0. The van der Waals surface area contributed by atoms with E-state index in [4.69, 9.17) is 0 Å². The van der Waals surface area contributed by atoms with Crippen LogP contribution in [0.3, 0.4) is 0 Å². The molecule has 102 valence electrons. The zero-order valence-corrected chi connectivity index (χ0v) is 11.1. The van der Waals surface area contributed by atoms with Crippen LogP contribution in [0.5, 0.6) is 5.75 Å². The van der Waals surface area contributed by atoms with Gasteiger partial charge in [0.2, 0.25) is 0 Å². The van der Waals surface area contributed by atoms with Crippen molar-refractivity contribution in [3.05, 3.63) is 57.6 Å². The Balaban J connectivity index is 2.25. The Hall–Kier alpha value is -2.76. The van der Waals surface area contributed by atoms with Crippen LogP contribution in [0.15, 0.2) is 46.6 Å². The second-order valence-electron chi connectivity index (χ2n) is 4.40. The van der Waals surface area contributed by atoms with Gasteiger partial charge in [-0.25, -0.2) is 0 Å². The molecule has 0 heterocycles. The number of phenolic OH excluding ortho intramolecular Hbond substituents is 1. The van der Waals surface area contributed by atoms with Crippen LogP contribution in [0.25, 0.3) is 0 Å². The average Bonchev–Trinajstić information content (AvgIpc) is 2.42. The number of aromatic hydroxyl groups is 1. The molecule has 6 heteroatoms. The van der Waals surface area contributed by atoms with Crippen molar-refractivity contribution in [2.24, 2.45) is 10.2 Å². The van der Waals surface area contributed by atoms with Crippen molar-refractivity contribution < 1.29 is 10.0 Å². The minimum atomic E-state index is -0.464. The molecule has 0 radical (unpaired) electrons. The first-order valence-electron chi connectivity index (χ1n) is 5.94. The predicted molar refractivity (Wildman–Crippen MR) is 74.9 cm³/mol. The lowest BCUT2D eigenvalue weighted by Crippen LogP contribution is -1.85. The third-order valence-electron chi connectivity index (χ3n) is 2.85. The number of non-ortho nitro benzene ring substituents is 1. The van der Waals surface area contributed by atoms with Crippen molar-refractivity contribution in [2.75, 3.05) is 0 Å². The first kappa shape index (κ1) is 13.7. The van der Waals surface area contributed by atoms with Crippen molar-refractivity contribution in [1.29, 1.82) is 0 Å². The maximum Gasteiger partial charge on any atom is 0.269 e. The summed E-state index contributed by atoms with van der Waals surface area (Å²) in [7, 11) is 0. The largest absolute Gasteiger partial charge is 0.508 e.